The van der Waals surface area contributed by atoms with E-state index in [2.05, 4.69) is 21.9 Å². The van der Waals surface area contributed by atoms with Crippen LogP contribution in [0.1, 0.15) is 21.7 Å². The van der Waals surface area contributed by atoms with Crippen molar-refractivity contribution < 1.29 is 19.1 Å². The van der Waals surface area contributed by atoms with Gasteiger partial charge < -0.3 is 10.1 Å². The number of fused-ring (bicyclic) bond motifs is 1. The first-order valence-electron chi connectivity index (χ1n) is 7.51. The zero-order valence-electron chi connectivity index (χ0n) is 14.0. The largest absolute Gasteiger partial charge is 0.452 e. The number of ether oxygens (including phenoxy) is 1. The highest BCUT2D eigenvalue weighted by atomic mass is 16.5. The highest BCUT2D eigenvalue weighted by Crippen LogP contribution is 2.15. The average molecular weight is 342 g/mol. The second-order valence-corrected chi connectivity index (χ2v) is 5.22. The van der Waals surface area contributed by atoms with E-state index in [0.29, 0.717) is 11.0 Å². The molecule has 0 unspecified atom stereocenters. The zero-order valence-corrected chi connectivity index (χ0v) is 14.0. The number of imide groups is 1. The van der Waals surface area contributed by atoms with Crippen LogP contribution >= 0.6 is 0 Å². The Morgan fingerprint density at radius 3 is 2.52 bits per heavy atom. The van der Waals surface area contributed by atoms with E-state index in [-0.39, 0.29) is 12.1 Å². The van der Waals surface area contributed by atoms with Gasteiger partial charge in [0.2, 0.25) is 0 Å². The molecule has 2 aromatic rings. The van der Waals surface area contributed by atoms with Gasteiger partial charge in [0, 0.05) is 6.54 Å². The lowest BCUT2D eigenvalue weighted by molar-refractivity contribution is -0.123. The van der Waals surface area contributed by atoms with Crippen LogP contribution in [0.3, 0.4) is 0 Å². The highest BCUT2D eigenvalue weighted by Gasteiger charge is 2.13. The van der Waals surface area contributed by atoms with Crippen LogP contribution in [0, 0.1) is 13.8 Å². The topological polar surface area (TPSA) is 110 Å². The number of rotatable bonds is 5. The number of aromatic nitrogens is 2. The summed E-state index contributed by atoms with van der Waals surface area (Å²) in [4.78, 5) is 43.6. The monoisotopic (exact) mass is 342 g/mol. The summed E-state index contributed by atoms with van der Waals surface area (Å²) in [5, 5.41) is 4.40. The molecule has 1 heterocycles. The Morgan fingerprint density at radius 1 is 1.16 bits per heavy atom. The third-order valence-electron chi connectivity index (χ3n) is 3.31. The van der Waals surface area contributed by atoms with Crippen molar-refractivity contribution in [1.29, 1.82) is 0 Å². The van der Waals surface area contributed by atoms with Crippen LogP contribution in [0.2, 0.25) is 0 Å². The number of urea groups is 1. The van der Waals surface area contributed by atoms with Gasteiger partial charge in [-0.05, 0) is 32.0 Å². The van der Waals surface area contributed by atoms with Crippen molar-refractivity contribution in [3.63, 3.8) is 0 Å². The quantitative estimate of drug-likeness (QED) is 0.628. The molecule has 0 aliphatic carbocycles. The van der Waals surface area contributed by atoms with E-state index in [1.165, 1.54) is 6.08 Å². The zero-order chi connectivity index (χ0) is 18.4. The summed E-state index contributed by atoms with van der Waals surface area (Å²) in [6.45, 7) is 6.76. The summed E-state index contributed by atoms with van der Waals surface area (Å²) < 4.78 is 4.90. The Labute approximate surface area is 144 Å². The van der Waals surface area contributed by atoms with Crippen LogP contribution in [-0.4, -0.2) is 41.0 Å². The van der Waals surface area contributed by atoms with E-state index in [4.69, 9.17) is 4.74 Å². The van der Waals surface area contributed by atoms with Crippen molar-refractivity contribution in [1.82, 2.24) is 20.6 Å². The third kappa shape index (κ3) is 4.84. The molecule has 2 N–H and O–H groups in total. The van der Waals surface area contributed by atoms with E-state index >= 15 is 0 Å². The van der Waals surface area contributed by atoms with Gasteiger partial charge in [0.1, 0.15) is 0 Å². The van der Waals surface area contributed by atoms with Gasteiger partial charge in [0.25, 0.3) is 5.91 Å². The summed E-state index contributed by atoms with van der Waals surface area (Å²) in [6, 6.07) is 4.07. The molecule has 0 radical (unpaired) electrons. The van der Waals surface area contributed by atoms with E-state index in [0.717, 1.165) is 11.4 Å². The van der Waals surface area contributed by atoms with Gasteiger partial charge in [0.15, 0.2) is 6.61 Å². The molecule has 0 aliphatic rings. The Balaban J connectivity index is 1.97. The fourth-order valence-electron chi connectivity index (χ4n) is 1.94. The van der Waals surface area contributed by atoms with Crippen LogP contribution in [0.25, 0.3) is 11.0 Å². The van der Waals surface area contributed by atoms with Crippen molar-refractivity contribution in [2.45, 2.75) is 13.8 Å². The van der Waals surface area contributed by atoms with Crippen molar-refractivity contribution in [2.75, 3.05) is 13.2 Å². The number of carbonyl (C=O) groups excluding carboxylic acids is 3. The average Bonchev–Trinajstić information content (AvgIpc) is 2.58. The van der Waals surface area contributed by atoms with E-state index in [1.54, 1.807) is 18.2 Å². The summed E-state index contributed by atoms with van der Waals surface area (Å²) in [5.74, 6) is -1.43. The fourth-order valence-corrected chi connectivity index (χ4v) is 1.94. The molecule has 0 aliphatic heterocycles. The summed E-state index contributed by atoms with van der Waals surface area (Å²) in [6.07, 6.45) is 1.47. The number of aryl methyl sites for hydroxylation is 2. The maximum absolute atomic E-state index is 12.0. The number of hydrogen-bond acceptors (Lipinski definition) is 6. The molecule has 25 heavy (non-hydrogen) atoms. The Bertz CT molecular complexity index is 848. The smallest absolute Gasteiger partial charge is 0.338 e. The molecule has 0 spiro atoms. The molecule has 130 valence electrons. The van der Waals surface area contributed by atoms with Gasteiger partial charge >= 0.3 is 12.0 Å². The molecule has 3 amide bonds. The second-order valence-electron chi connectivity index (χ2n) is 5.22. The molecule has 0 saturated carbocycles. The lowest BCUT2D eigenvalue weighted by Gasteiger charge is -2.07. The minimum atomic E-state index is -0.734. The van der Waals surface area contributed by atoms with Crippen LogP contribution in [0.4, 0.5) is 4.79 Å². The number of nitrogens with one attached hydrogen (secondary N) is 2. The summed E-state index contributed by atoms with van der Waals surface area (Å²) in [7, 11) is 0. The van der Waals surface area contributed by atoms with Gasteiger partial charge in [-0.2, -0.15) is 0 Å². The molecule has 0 atom stereocenters. The van der Waals surface area contributed by atoms with Gasteiger partial charge in [0.05, 0.1) is 28.0 Å². The first kappa shape index (κ1) is 18.1. The maximum atomic E-state index is 12.0. The Hall–Kier alpha value is -3.29. The molecule has 1 aromatic carbocycles. The molecular weight excluding hydrogens is 324 g/mol. The summed E-state index contributed by atoms with van der Waals surface area (Å²) in [5.41, 5.74) is 3.05. The fraction of sp³-hybridized carbons (Fsp3) is 0.235. The molecule has 0 fully saturated rings. The first-order valence-corrected chi connectivity index (χ1v) is 7.51. The van der Waals surface area contributed by atoms with Crippen molar-refractivity contribution >= 4 is 28.9 Å². The van der Waals surface area contributed by atoms with E-state index in [1.807, 2.05) is 19.2 Å². The lowest BCUT2D eigenvalue weighted by Crippen LogP contribution is -2.41. The predicted molar refractivity (Wildman–Crippen MR) is 91.0 cm³/mol. The maximum Gasteiger partial charge on any atom is 0.338 e. The Morgan fingerprint density at radius 2 is 1.84 bits per heavy atom. The minimum absolute atomic E-state index is 0.218. The van der Waals surface area contributed by atoms with Crippen molar-refractivity contribution in [3.8, 4) is 0 Å². The molecule has 8 heteroatoms. The lowest BCUT2D eigenvalue weighted by atomic mass is 10.2. The Kier molecular flexibility index (Phi) is 5.78. The minimum Gasteiger partial charge on any atom is -0.452 e. The number of benzene rings is 1. The van der Waals surface area contributed by atoms with Gasteiger partial charge in [-0.3, -0.25) is 10.1 Å². The van der Waals surface area contributed by atoms with Gasteiger partial charge in [-0.25, -0.2) is 19.6 Å². The second kappa shape index (κ2) is 8.00. The van der Waals surface area contributed by atoms with Crippen LogP contribution in [0.15, 0.2) is 30.9 Å². The molecule has 0 bridgehead atoms. The summed E-state index contributed by atoms with van der Waals surface area (Å²) >= 11 is 0. The van der Waals surface area contributed by atoms with Gasteiger partial charge in [-0.1, -0.05) is 6.08 Å². The molecule has 0 saturated heterocycles. The van der Waals surface area contributed by atoms with E-state index < -0.39 is 24.5 Å². The number of nitrogens with zero attached hydrogens (tertiary/aromatic N) is 2. The van der Waals surface area contributed by atoms with E-state index in [9.17, 15) is 14.4 Å². The SMILES string of the molecule is C=CCNC(=O)NC(=O)COC(=O)c1ccc2nc(C)c(C)nc2c1. The molecule has 2 rings (SSSR count). The molecule has 8 nitrogen and oxygen atoms in total. The molecule has 1 aromatic heterocycles. The number of esters is 1. The first-order chi connectivity index (χ1) is 11.9. The highest BCUT2D eigenvalue weighted by molar-refractivity contribution is 5.98. The third-order valence-corrected chi connectivity index (χ3v) is 3.31. The van der Waals surface area contributed by atoms with Gasteiger partial charge in [-0.15, -0.1) is 6.58 Å². The van der Waals surface area contributed by atoms with Crippen LogP contribution in [-0.2, 0) is 9.53 Å². The normalized spacial score (nSPS) is 10.2. The van der Waals surface area contributed by atoms with Crippen molar-refractivity contribution in [3.05, 3.63) is 47.8 Å². The number of hydrogen-bond donors (Lipinski definition) is 2. The standard InChI is InChI=1S/C17H18N4O4/c1-4-7-18-17(24)21-15(22)9-25-16(23)12-5-6-13-14(8-12)20-11(3)10(2)19-13/h4-6,8H,1,7,9H2,2-3H3,(H2,18,21,22,24). The number of carbonyl (C=O) groups is 3. The van der Waals surface area contributed by atoms with Crippen molar-refractivity contribution in [2.24, 2.45) is 0 Å². The predicted octanol–water partition coefficient (Wildman–Crippen LogP) is 1.42. The number of amides is 3. The van der Waals surface area contributed by atoms with Crippen LogP contribution < -0.4 is 10.6 Å². The van der Waals surface area contributed by atoms with Crippen LogP contribution in [0.5, 0.6) is 0 Å². The molecular formula is C17H18N4O4.